The first kappa shape index (κ1) is 18.1. The maximum atomic E-state index is 12.2. The molecule has 2 aromatic rings. The minimum absolute atomic E-state index is 0.0311. The Morgan fingerprint density at radius 2 is 1.93 bits per heavy atom. The third kappa shape index (κ3) is 4.03. The molecular weight excluding hydrogens is 360 g/mol. The lowest BCUT2D eigenvalue weighted by atomic mass is 10.1. The topological polar surface area (TPSA) is 104 Å². The molecule has 0 bridgehead atoms. The molecule has 0 spiro atoms. The molecule has 0 atom stereocenters. The monoisotopic (exact) mass is 382 g/mol. The fraction of sp³-hybridized carbons (Fsp3) is 0.421. The Bertz CT molecular complexity index is 871. The molecule has 1 amide bonds. The highest BCUT2D eigenvalue weighted by Gasteiger charge is 2.27. The van der Waals surface area contributed by atoms with E-state index in [1.165, 1.54) is 6.07 Å². The van der Waals surface area contributed by atoms with Crippen LogP contribution in [0.5, 0.6) is 0 Å². The lowest BCUT2D eigenvalue weighted by molar-refractivity contribution is -0.384. The zero-order valence-corrected chi connectivity index (χ0v) is 15.5. The van der Waals surface area contributed by atoms with E-state index in [-0.39, 0.29) is 17.6 Å². The first-order valence-corrected chi connectivity index (χ1v) is 9.49. The molecule has 2 aliphatic rings. The van der Waals surface area contributed by atoms with Crippen LogP contribution in [0, 0.1) is 10.1 Å². The highest BCUT2D eigenvalue weighted by atomic mass is 16.6. The second-order valence-corrected chi connectivity index (χ2v) is 7.12. The zero-order valence-electron chi connectivity index (χ0n) is 15.5. The predicted octanol–water partition coefficient (Wildman–Crippen LogP) is 1.99. The summed E-state index contributed by atoms with van der Waals surface area (Å²) in [6.45, 7) is 2.83. The van der Waals surface area contributed by atoms with Crippen LogP contribution in [-0.4, -0.2) is 53.2 Å². The number of aromatic nitrogens is 2. The number of amides is 1. The Labute approximate surface area is 162 Å². The molecule has 1 aromatic heterocycles. The molecule has 2 fully saturated rings. The van der Waals surface area contributed by atoms with Gasteiger partial charge in [-0.2, -0.15) is 5.10 Å². The number of benzene rings is 1. The average Bonchev–Trinajstić information content (AvgIpc) is 3.54. The Morgan fingerprint density at radius 1 is 1.14 bits per heavy atom. The van der Waals surface area contributed by atoms with Crippen LogP contribution >= 0.6 is 0 Å². The molecule has 1 aliphatic heterocycles. The Kier molecular flexibility index (Phi) is 5.05. The summed E-state index contributed by atoms with van der Waals surface area (Å²) in [4.78, 5) is 27.6. The molecule has 1 N–H and O–H groups in total. The van der Waals surface area contributed by atoms with Gasteiger partial charge in [0.1, 0.15) is 5.69 Å². The summed E-state index contributed by atoms with van der Waals surface area (Å²) in [7, 11) is 0. The van der Waals surface area contributed by atoms with Gasteiger partial charge in [-0.25, -0.2) is 0 Å². The molecule has 1 saturated carbocycles. The van der Waals surface area contributed by atoms with Crippen molar-refractivity contribution >= 4 is 23.1 Å². The van der Waals surface area contributed by atoms with Gasteiger partial charge in [-0.15, -0.1) is 5.10 Å². The van der Waals surface area contributed by atoms with E-state index >= 15 is 0 Å². The van der Waals surface area contributed by atoms with Gasteiger partial charge in [0.05, 0.1) is 4.92 Å². The van der Waals surface area contributed by atoms with Crippen LogP contribution < -0.4 is 15.1 Å². The first-order valence-electron chi connectivity index (χ1n) is 9.49. The van der Waals surface area contributed by atoms with Gasteiger partial charge in [-0.1, -0.05) is 0 Å². The number of hydrogen-bond donors (Lipinski definition) is 1. The number of nitrogens with zero attached hydrogens (tertiary/aromatic N) is 5. The number of hydrogen-bond acceptors (Lipinski definition) is 7. The fourth-order valence-corrected chi connectivity index (χ4v) is 3.42. The number of nitro groups is 1. The van der Waals surface area contributed by atoms with Crippen LogP contribution in [0.15, 0.2) is 36.5 Å². The summed E-state index contributed by atoms with van der Waals surface area (Å²) in [5, 5.41) is 22.6. The van der Waals surface area contributed by atoms with Crippen LogP contribution in [0.2, 0.25) is 0 Å². The minimum Gasteiger partial charge on any atom is -0.364 e. The van der Waals surface area contributed by atoms with E-state index in [9.17, 15) is 14.9 Å². The predicted molar refractivity (Wildman–Crippen MR) is 105 cm³/mol. The summed E-state index contributed by atoms with van der Waals surface area (Å²) in [6.07, 6.45) is 4.43. The molecule has 1 aromatic carbocycles. The molecule has 1 saturated heterocycles. The van der Waals surface area contributed by atoms with Crippen LogP contribution in [-0.2, 0) is 0 Å². The van der Waals surface area contributed by atoms with Gasteiger partial charge in [0.2, 0.25) is 0 Å². The van der Waals surface area contributed by atoms with Crippen LogP contribution in [0.1, 0.15) is 29.6 Å². The molecule has 9 nitrogen and oxygen atoms in total. The van der Waals surface area contributed by atoms with Gasteiger partial charge < -0.3 is 15.1 Å². The van der Waals surface area contributed by atoms with Gasteiger partial charge in [0, 0.05) is 50.0 Å². The normalized spacial score (nSPS) is 17.1. The average molecular weight is 382 g/mol. The highest BCUT2D eigenvalue weighted by Crippen LogP contribution is 2.31. The van der Waals surface area contributed by atoms with Crippen molar-refractivity contribution in [2.24, 2.45) is 0 Å². The lowest BCUT2D eigenvalue weighted by Crippen LogP contribution is -2.31. The summed E-state index contributed by atoms with van der Waals surface area (Å²) >= 11 is 0. The third-order valence-electron chi connectivity index (χ3n) is 5.07. The van der Waals surface area contributed by atoms with Crippen LogP contribution in [0.3, 0.4) is 0 Å². The third-order valence-corrected chi connectivity index (χ3v) is 5.07. The van der Waals surface area contributed by atoms with E-state index < -0.39 is 4.92 Å². The van der Waals surface area contributed by atoms with E-state index in [4.69, 9.17) is 0 Å². The Balaban J connectivity index is 1.52. The zero-order chi connectivity index (χ0) is 19.5. The van der Waals surface area contributed by atoms with E-state index in [0.717, 1.165) is 31.6 Å². The van der Waals surface area contributed by atoms with Crippen LogP contribution in [0.25, 0.3) is 0 Å². The van der Waals surface area contributed by atoms with Crippen molar-refractivity contribution in [2.45, 2.75) is 25.3 Å². The van der Waals surface area contributed by atoms with Gasteiger partial charge in [0.25, 0.3) is 11.6 Å². The number of carbonyl (C=O) groups is 1. The summed E-state index contributed by atoms with van der Waals surface area (Å²) in [6, 6.07) is 8.73. The number of rotatable bonds is 5. The van der Waals surface area contributed by atoms with E-state index in [1.54, 1.807) is 18.3 Å². The molecule has 28 heavy (non-hydrogen) atoms. The van der Waals surface area contributed by atoms with Crippen LogP contribution in [0.4, 0.5) is 17.2 Å². The quantitative estimate of drug-likeness (QED) is 0.623. The standard InChI is InChI=1S/C19H22N6O3/c26-19(21-15-5-6-15)14-4-7-16(17(13-14)25(27)28)23-9-2-10-24(12-11-23)18-3-1-8-20-22-18/h1,3-4,7-8,13,15H,2,5-6,9-12H2,(H,21,26). The van der Waals surface area contributed by atoms with Crippen molar-refractivity contribution in [2.75, 3.05) is 36.0 Å². The van der Waals surface area contributed by atoms with E-state index in [1.807, 2.05) is 17.0 Å². The van der Waals surface area contributed by atoms with Crippen molar-refractivity contribution in [3.05, 3.63) is 52.2 Å². The SMILES string of the molecule is O=C(NC1CC1)c1ccc(N2CCCN(c3cccnn3)CC2)c([N+](=O)[O-])c1. The maximum Gasteiger partial charge on any atom is 0.293 e. The number of anilines is 2. The Morgan fingerprint density at radius 3 is 2.64 bits per heavy atom. The fourth-order valence-electron chi connectivity index (χ4n) is 3.42. The summed E-state index contributed by atoms with van der Waals surface area (Å²) in [5.74, 6) is 0.563. The second kappa shape index (κ2) is 7.79. The van der Waals surface area contributed by atoms with Gasteiger partial charge >= 0.3 is 0 Å². The highest BCUT2D eigenvalue weighted by molar-refractivity contribution is 5.96. The first-order chi connectivity index (χ1) is 13.6. The smallest absolute Gasteiger partial charge is 0.293 e. The van der Waals surface area contributed by atoms with E-state index in [2.05, 4.69) is 20.4 Å². The Hall–Kier alpha value is -3.23. The van der Waals surface area contributed by atoms with Crippen molar-refractivity contribution in [1.82, 2.24) is 15.5 Å². The molecule has 146 valence electrons. The molecule has 2 heterocycles. The molecule has 4 rings (SSSR count). The van der Waals surface area contributed by atoms with Gasteiger partial charge in [-0.05, 0) is 43.5 Å². The number of nitro benzene ring substituents is 1. The lowest BCUT2D eigenvalue weighted by Gasteiger charge is -2.24. The van der Waals surface area contributed by atoms with Gasteiger partial charge in [0.15, 0.2) is 5.82 Å². The van der Waals surface area contributed by atoms with Crippen molar-refractivity contribution in [3.63, 3.8) is 0 Å². The molecule has 0 radical (unpaired) electrons. The molecule has 9 heteroatoms. The largest absolute Gasteiger partial charge is 0.364 e. The van der Waals surface area contributed by atoms with E-state index in [0.29, 0.717) is 30.9 Å². The maximum absolute atomic E-state index is 12.2. The second-order valence-electron chi connectivity index (χ2n) is 7.12. The number of carbonyl (C=O) groups excluding carboxylic acids is 1. The minimum atomic E-state index is -0.408. The van der Waals surface area contributed by atoms with Crippen molar-refractivity contribution in [1.29, 1.82) is 0 Å². The summed E-state index contributed by atoms with van der Waals surface area (Å²) < 4.78 is 0. The summed E-state index contributed by atoms with van der Waals surface area (Å²) in [5.41, 5.74) is 0.851. The van der Waals surface area contributed by atoms with Gasteiger partial charge in [-0.3, -0.25) is 14.9 Å². The molecule has 1 aliphatic carbocycles. The number of nitrogens with one attached hydrogen (secondary N) is 1. The van der Waals surface area contributed by atoms with Crippen molar-refractivity contribution in [3.8, 4) is 0 Å². The molecule has 0 unspecified atom stereocenters. The molecular formula is C19H22N6O3. The van der Waals surface area contributed by atoms with Crippen molar-refractivity contribution < 1.29 is 9.72 Å².